The van der Waals surface area contributed by atoms with Crippen molar-refractivity contribution in [2.75, 3.05) is 0 Å². The van der Waals surface area contributed by atoms with E-state index in [1.54, 1.807) is 0 Å². The number of halogens is 7. The molecule has 0 radical (unpaired) electrons. The van der Waals surface area contributed by atoms with Gasteiger partial charge in [-0.1, -0.05) is 11.6 Å². The van der Waals surface area contributed by atoms with Gasteiger partial charge in [0.2, 0.25) is 0 Å². The van der Waals surface area contributed by atoms with Crippen molar-refractivity contribution in [3.8, 4) is 0 Å². The van der Waals surface area contributed by atoms with Crippen LogP contribution in [0.3, 0.4) is 0 Å². The lowest BCUT2D eigenvalue weighted by atomic mass is 10.2. The lowest BCUT2D eigenvalue weighted by Crippen LogP contribution is -2.37. The van der Waals surface area contributed by atoms with Gasteiger partial charge in [0.1, 0.15) is 0 Å². The van der Waals surface area contributed by atoms with Crippen LogP contribution in [-0.2, 0) is 0 Å². The molecule has 0 fully saturated rings. The Morgan fingerprint density at radius 2 is 1.42 bits per heavy atom. The quantitative estimate of drug-likeness (QED) is 0.583. The average molecular weight is 213 g/mol. The van der Waals surface area contributed by atoms with Gasteiger partial charge in [-0.2, -0.15) is 26.3 Å². The first-order valence-electron chi connectivity index (χ1n) is 2.57. The summed E-state index contributed by atoms with van der Waals surface area (Å²) < 4.78 is 70.2. The van der Waals surface area contributed by atoms with Crippen LogP contribution in [-0.4, -0.2) is 12.1 Å². The number of rotatable bonds is 1. The first-order chi connectivity index (χ1) is 5.10. The van der Waals surface area contributed by atoms with Gasteiger partial charge < -0.3 is 0 Å². The zero-order chi connectivity index (χ0) is 10.2. The molecule has 0 aromatic rings. The van der Waals surface area contributed by atoms with Gasteiger partial charge in [0.15, 0.2) is 5.29 Å². The summed E-state index contributed by atoms with van der Waals surface area (Å²) in [4.78, 5) is 0. The minimum absolute atomic E-state index is 0.274. The van der Waals surface area contributed by atoms with Crippen LogP contribution >= 0.6 is 11.6 Å². The van der Waals surface area contributed by atoms with Crippen LogP contribution in [0.15, 0.2) is 10.9 Å². The number of alkyl halides is 5. The molecule has 0 saturated carbocycles. The normalized spacial score (nSPS) is 16.0. The van der Waals surface area contributed by atoms with Gasteiger partial charge in [-0.3, -0.25) is 0 Å². The third-order valence-electron chi connectivity index (χ3n) is 1.11. The Labute approximate surface area is 68.8 Å². The molecule has 0 aromatic heterocycles. The minimum Gasteiger partial charge on any atom is -0.193 e. The zero-order valence-electron chi connectivity index (χ0n) is 5.65. The van der Waals surface area contributed by atoms with Crippen LogP contribution in [0.25, 0.3) is 0 Å². The average Bonchev–Trinajstić information content (AvgIpc) is 1.83. The third kappa shape index (κ3) is 2.06. The van der Waals surface area contributed by atoms with Crippen molar-refractivity contribution in [3.05, 3.63) is 10.9 Å². The van der Waals surface area contributed by atoms with Crippen molar-refractivity contribution in [2.24, 2.45) is 0 Å². The van der Waals surface area contributed by atoms with E-state index in [1.807, 2.05) is 0 Å². The van der Waals surface area contributed by atoms with Gasteiger partial charge in [-0.05, 0) is 6.92 Å². The molecule has 0 amide bonds. The van der Waals surface area contributed by atoms with E-state index < -0.39 is 23.0 Å². The van der Waals surface area contributed by atoms with Gasteiger partial charge in [0.05, 0.1) is 5.57 Å². The maximum atomic E-state index is 12.1. The smallest absolute Gasteiger partial charge is 0.193 e. The van der Waals surface area contributed by atoms with Crippen molar-refractivity contribution in [3.63, 3.8) is 0 Å². The highest BCUT2D eigenvalue weighted by Crippen LogP contribution is 2.42. The van der Waals surface area contributed by atoms with Crippen LogP contribution in [0.1, 0.15) is 6.92 Å². The number of hydrogen-bond donors (Lipinski definition) is 0. The molecule has 0 unspecified atom stereocenters. The standard InChI is InChI=1S/C5H3ClF6/c1-2(3(6)7)4(8,9)5(10,11)12/h1H3. The molecule has 0 bridgehead atoms. The first-order valence-corrected chi connectivity index (χ1v) is 2.95. The predicted molar refractivity (Wildman–Crippen MR) is 30.7 cm³/mol. The lowest BCUT2D eigenvalue weighted by molar-refractivity contribution is -0.264. The van der Waals surface area contributed by atoms with Gasteiger partial charge >= 0.3 is 12.1 Å². The van der Waals surface area contributed by atoms with E-state index in [9.17, 15) is 26.3 Å². The summed E-state index contributed by atoms with van der Waals surface area (Å²) in [5, 5.41) is -2.04. The molecule has 0 atom stereocenters. The Balaban J connectivity index is 5.01. The molecule has 7 heteroatoms. The topological polar surface area (TPSA) is 0 Å². The second kappa shape index (κ2) is 3.16. The molecule has 0 N–H and O–H groups in total. The van der Waals surface area contributed by atoms with Gasteiger partial charge in [0.25, 0.3) is 0 Å². The molecular formula is C5H3ClF6. The van der Waals surface area contributed by atoms with E-state index in [0.29, 0.717) is 0 Å². The summed E-state index contributed by atoms with van der Waals surface area (Å²) in [6.07, 6.45) is -5.82. The minimum atomic E-state index is -5.82. The number of hydrogen-bond acceptors (Lipinski definition) is 0. The molecule has 0 nitrogen and oxygen atoms in total. The summed E-state index contributed by atoms with van der Waals surface area (Å²) in [6.45, 7) is 0.274. The molecule has 0 heterocycles. The van der Waals surface area contributed by atoms with Crippen molar-refractivity contribution in [1.29, 1.82) is 0 Å². The van der Waals surface area contributed by atoms with E-state index in [-0.39, 0.29) is 6.92 Å². The highest BCUT2D eigenvalue weighted by Gasteiger charge is 2.59. The predicted octanol–water partition coefficient (Wildman–Crippen LogP) is 3.62. The van der Waals surface area contributed by atoms with E-state index in [1.165, 1.54) is 0 Å². The third-order valence-corrected chi connectivity index (χ3v) is 1.39. The summed E-state index contributed by atoms with van der Waals surface area (Å²) >= 11 is 4.35. The molecule has 72 valence electrons. The van der Waals surface area contributed by atoms with Crippen molar-refractivity contribution >= 4 is 11.6 Å². The fourth-order valence-electron chi connectivity index (χ4n) is 0.331. The Morgan fingerprint density at radius 1 is 1.08 bits per heavy atom. The SMILES string of the molecule is CC(=C(F)Cl)C(F)(F)C(F)(F)F. The molecule has 12 heavy (non-hydrogen) atoms. The summed E-state index contributed by atoms with van der Waals surface area (Å²) in [6, 6.07) is 0. The molecule has 0 aliphatic heterocycles. The van der Waals surface area contributed by atoms with Crippen molar-refractivity contribution in [1.82, 2.24) is 0 Å². The number of allylic oxidation sites excluding steroid dienone is 1. The maximum absolute atomic E-state index is 12.1. The molecular weight excluding hydrogens is 209 g/mol. The van der Waals surface area contributed by atoms with Crippen molar-refractivity contribution in [2.45, 2.75) is 19.0 Å². The molecule has 0 aliphatic rings. The van der Waals surface area contributed by atoms with E-state index in [0.717, 1.165) is 0 Å². The highest BCUT2D eigenvalue weighted by atomic mass is 35.5. The van der Waals surface area contributed by atoms with Gasteiger partial charge in [-0.15, -0.1) is 0 Å². The van der Waals surface area contributed by atoms with Crippen molar-refractivity contribution < 1.29 is 26.3 Å². The molecule has 0 rings (SSSR count). The lowest BCUT2D eigenvalue weighted by Gasteiger charge is -2.19. The Morgan fingerprint density at radius 3 is 1.50 bits per heavy atom. The second-order valence-electron chi connectivity index (χ2n) is 1.96. The fraction of sp³-hybridized carbons (Fsp3) is 0.600. The largest absolute Gasteiger partial charge is 0.457 e. The Hall–Kier alpha value is -0.390. The summed E-state index contributed by atoms with van der Waals surface area (Å²) in [7, 11) is 0. The van der Waals surface area contributed by atoms with E-state index in [4.69, 9.17) is 0 Å². The summed E-state index contributed by atoms with van der Waals surface area (Å²) in [5.41, 5.74) is -1.84. The van der Waals surface area contributed by atoms with Crippen LogP contribution in [0.2, 0.25) is 0 Å². The summed E-state index contributed by atoms with van der Waals surface area (Å²) in [5.74, 6) is -5.21. The molecule has 0 saturated heterocycles. The Bertz CT molecular complexity index is 198. The monoisotopic (exact) mass is 212 g/mol. The molecule has 0 aliphatic carbocycles. The van der Waals surface area contributed by atoms with Gasteiger partial charge in [-0.25, -0.2) is 0 Å². The molecule has 0 aromatic carbocycles. The van der Waals surface area contributed by atoms with Crippen LogP contribution in [0.4, 0.5) is 26.3 Å². The van der Waals surface area contributed by atoms with Crippen LogP contribution in [0.5, 0.6) is 0 Å². The maximum Gasteiger partial charge on any atom is 0.457 e. The van der Waals surface area contributed by atoms with E-state index in [2.05, 4.69) is 11.6 Å². The molecule has 0 spiro atoms. The second-order valence-corrected chi connectivity index (χ2v) is 2.29. The zero-order valence-corrected chi connectivity index (χ0v) is 6.40. The Kier molecular flexibility index (Phi) is 3.06. The van der Waals surface area contributed by atoms with Crippen LogP contribution in [0, 0.1) is 0 Å². The fourth-order valence-corrected chi connectivity index (χ4v) is 0.450. The van der Waals surface area contributed by atoms with E-state index >= 15 is 0 Å². The van der Waals surface area contributed by atoms with Gasteiger partial charge in [0, 0.05) is 0 Å². The van der Waals surface area contributed by atoms with Crippen LogP contribution < -0.4 is 0 Å². The highest BCUT2D eigenvalue weighted by molar-refractivity contribution is 6.28. The first kappa shape index (κ1) is 11.6.